The van der Waals surface area contributed by atoms with Crippen molar-refractivity contribution in [2.45, 2.75) is 45.7 Å². The van der Waals surface area contributed by atoms with Crippen LogP contribution >= 0.6 is 0 Å². The summed E-state index contributed by atoms with van der Waals surface area (Å²) in [7, 11) is 0. The van der Waals surface area contributed by atoms with E-state index >= 15 is 0 Å². The molecule has 0 spiro atoms. The van der Waals surface area contributed by atoms with Crippen molar-refractivity contribution >= 4 is 0 Å². The second-order valence-electron chi connectivity index (χ2n) is 6.10. The van der Waals surface area contributed by atoms with Gasteiger partial charge < -0.3 is 5.32 Å². The van der Waals surface area contributed by atoms with Crippen LogP contribution in [0.3, 0.4) is 0 Å². The number of nitrogens with one attached hydrogen (secondary N) is 1. The lowest BCUT2D eigenvalue weighted by atomic mass is 10.0. The third-order valence-electron chi connectivity index (χ3n) is 4.33. The Bertz CT molecular complexity index is 595. The van der Waals surface area contributed by atoms with Crippen LogP contribution in [0, 0.1) is 13.8 Å². The Morgan fingerprint density at radius 1 is 1.05 bits per heavy atom. The molecule has 0 saturated heterocycles. The van der Waals surface area contributed by atoms with Gasteiger partial charge in [0, 0.05) is 12.1 Å². The van der Waals surface area contributed by atoms with Crippen molar-refractivity contribution in [2.75, 3.05) is 0 Å². The molecule has 1 heteroatoms. The quantitative estimate of drug-likeness (QED) is 0.852. The third kappa shape index (κ3) is 2.64. The van der Waals surface area contributed by atoms with Gasteiger partial charge in [-0.1, -0.05) is 53.6 Å². The molecule has 1 N–H and O–H groups in total. The van der Waals surface area contributed by atoms with E-state index in [-0.39, 0.29) is 0 Å². The summed E-state index contributed by atoms with van der Waals surface area (Å²) in [5.74, 6) is 0. The molecule has 2 atom stereocenters. The summed E-state index contributed by atoms with van der Waals surface area (Å²) < 4.78 is 0. The normalized spacial score (nSPS) is 18.9. The number of fused-ring (bicyclic) bond motifs is 1. The molecule has 1 nitrogen and oxygen atoms in total. The van der Waals surface area contributed by atoms with E-state index in [4.69, 9.17) is 0 Å². The first-order valence-corrected chi connectivity index (χ1v) is 7.55. The first kappa shape index (κ1) is 13.4. The van der Waals surface area contributed by atoms with Crippen LogP contribution in [0.4, 0.5) is 0 Å². The van der Waals surface area contributed by atoms with Crippen LogP contribution in [0.5, 0.6) is 0 Å². The number of benzene rings is 2. The summed E-state index contributed by atoms with van der Waals surface area (Å²) in [5, 5.41) is 3.81. The van der Waals surface area contributed by atoms with E-state index < -0.39 is 0 Å². The summed E-state index contributed by atoms with van der Waals surface area (Å²) >= 11 is 0. The van der Waals surface area contributed by atoms with Gasteiger partial charge in [-0.25, -0.2) is 0 Å². The van der Waals surface area contributed by atoms with Gasteiger partial charge in [0.05, 0.1) is 0 Å². The molecule has 0 bridgehead atoms. The highest BCUT2D eigenvalue weighted by molar-refractivity contribution is 5.35. The Hall–Kier alpha value is -1.60. The first-order chi connectivity index (χ1) is 9.63. The molecule has 0 aromatic heterocycles. The predicted molar refractivity (Wildman–Crippen MR) is 85.0 cm³/mol. The SMILES string of the molecule is Cc1cc(C)cc(C(C)NC2CCc3ccccc32)c1. The second-order valence-corrected chi connectivity index (χ2v) is 6.10. The minimum Gasteiger partial charge on any atom is -0.303 e. The minimum atomic E-state index is 0.393. The molecule has 0 saturated carbocycles. The molecule has 104 valence electrons. The van der Waals surface area contributed by atoms with Crippen molar-refractivity contribution in [3.05, 3.63) is 70.3 Å². The zero-order valence-corrected chi connectivity index (χ0v) is 12.6. The van der Waals surface area contributed by atoms with E-state index in [2.05, 4.69) is 68.6 Å². The van der Waals surface area contributed by atoms with Crippen molar-refractivity contribution in [2.24, 2.45) is 0 Å². The maximum Gasteiger partial charge on any atom is 0.0331 e. The van der Waals surface area contributed by atoms with Gasteiger partial charge >= 0.3 is 0 Å². The van der Waals surface area contributed by atoms with Crippen LogP contribution in [-0.4, -0.2) is 0 Å². The van der Waals surface area contributed by atoms with Crippen molar-refractivity contribution in [3.63, 3.8) is 0 Å². The fourth-order valence-corrected chi connectivity index (χ4v) is 3.39. The molecule has 0 amide bonds. The topological polar surface area (TPSA) is 12.0 Å². The number of aryl methyl sites for hydroxylation is 3. The zero-order valence-electron chi connectivity index (χ0n) is 12.6. The Balaban J connectivity index is 1.78. The lowest BCUT2D eigenvalue weighted by Gasteiger charge is -2.21. The largest absolute Gasteiger partial charge is 0.303 e. The maximum atomic E-state index is 3.81. The molecule has 0 aliphatic heterocycles. The van der Waals surface area contributed by atoms with Crippen LogP contribution in [0.1, 0.15) is 53.2 Å². The Kier molecular flexibility index (Phi) is 3.62. The lowest BCUT2D eigenvalue weighted by Crippen LogP contribution is -2.23. The number of hydrogen-bond acceptors (Lipinski definition) is 1. The van der Waals surface area contributed by atoms with E-state index in [1.54, 1.807) is 0 Å². The summed E-state index contributed by atoms with van der Waals surface area (Å²) in [6.07, 6.45) is 2.42. The smallest absolute Gasteiger partial charge is 0.0331 e. The summed E-state index contributed by atoms with van der Waals surface area (Å²) in [4.78, 5) is 0. The molecule has 0 fully saturated rings. The Morgan fingerprint density at radius 3 is 2.50 bits per heavy atom. The van der Waals surface area contributed by atoms with Crippen molar-refractivity contribution in [1.82, 2.24) is 5.32 Å². The van der Waals surface area contributed by atoms with Gasteiger partial charge in [-0.3, -0.25) is 0 Å². The molecule has 1 aliphatic carbocycles. The van der Waals surface area contributed by atoms with Gasteiger partial charge in [0.1, 0.15) is 0 Å². The first-order valence-electron chi connectivity index (χ1n) is 7.55. The van der Waals surface area contributed by atoms with Crippen LogP contribution in [0.15, 0.2) is 42.5 Å². The van der Waals surface area contributed by atoms with Crippen molar-refractivity contribution < 1.29 is 0 Å². The molecule has 1 aliphatic rings. The second kappa shape index (κ2) is 5.41. The van der Waals surface area contributed by atoms with Crippen molar-refractivity contribution in [1.29, 1.82) is 0 Å². The molecule has 0 radical (unpaired) electrons. The van der Waals surface area contributed by atoms with Gasteiger partial charge in [0.15, 0.2) is 0 Å². The van der Waals surface area contributed by atoms with E-state index in [1.165, 1.54) is 40.7 Å². The zero-order chi connectivity index (χ0) is 14.1. The lowest BCUT2D eigenvalue weighted by molar-refractivity contribution is 0.464. The van der Waals surface area contributed by atoms with Gasteiger partial charge in [-0.2, -0.15) is 0 Å². The van der Waals surface area contributed by atoms with Gasteiger partial charge in [-0.05, 0) is 50.3 Å². The molecule has 20 heavy (non-hydrogen) atoms. The van der Waals surface area contributed by atoms with Gasteiger partial charge in [-0.15, -0.1) is 0 Å². The van der Waals surface area contributed by atoms with E-state index in [9.17, 15) is 0 Å². The minimum absolute atomic E-state index is 0.393. The Labute approximate surface area is 122 Å². The van der Waals surface area contributed by atoms with E-state index in [1.807, 2.05) is 0 Å². The highest BCUT2D eigenvalue weighted by atomic mass is 14.9. The molecular formula is C19H23N. The standard InChI is InChI=1S/C19H23N/c1-13-10-14(2)12-17(11-13)15(3)20-19-9-8-16-6-4-5-7-18(16)19/h4-7,10-12,15,19-20H,8-9H2,1-3H3. The summed E-state index contributed by atoms with van der Waals surface area (Å²) in [6.45, 7) is 6.62. The van der Waals surface area contributed by atoms with Crippen LogP contribution in [0.2, 0.25) is 0 Å². The monoisotopic (exact) mass is 265 g/mol. The molecule has 3 rings (SSSR count). The van der Waals surface area contributed by atoms with Crippen LogP contribution in [0.25, 0.3) is 0 Å². The van der Waals surface area contributed by atoms with Crippen LogP contribution in [-0.2, 0) is 6.42 Å². The van der Waals surface area contributed by atoms with E-state index in [0.717, 1.165) is 0 Å². The van der Waals surface area contributed by atoms with E-state index in [0.29, 0.717) is 12.1 Å². The third-order valence-corrected chi connectivity index (χ3v) is 4.33. The number of rotatable bonds is 3. The molecule has 2 unspecified atom stereocenters. The number of hydrogen-bond donors (Lipinski definition) is 1. The molecular weight excluding hydrogens is 242 g/mol. The van der Waals surface area contributed by atoms with Gasteiger partial charge in [0.2, 0.25) is 0 Å². The fourth-order valence-electron chi connectivity index (χ4n) is 3.39. The molecule has 2 aromatic rings. The Morgan fingerprint density at radius 2 is 1.75 bits per heavy atom. The maximum absolute atomic E-state index is 3.81. The predicted octanol–water partition coefficient (Wildman–Crippen LogP) is 4.64. The highest BCUT2D eigenvalue weighted by Crippen LogP contribution is 2.32. The van der Waals surface area contributed by atoms with Crippen LogP contribution < -0.4 is 5.32 Å². The molecule has 0 heterocycles. The van der Waals surface area contributed by atoms with Crippen molar-refractivity contribution in [3.8, 4) is 0 Å². The highest BCUT2D eigenvalue weighted by Gasteiger charge is 2.23. The van der Waals surface area contributed by atoms with Gasteiger partial charge in [0.25, 0.3) is 0 Å². The summed E-state index contributed by atoms with van der Waals surface area (Å²) in [6, 6.07) is 16.6. The molecule has 2 aromatic carbocycles. The average molecular weight is 265 g/mol. The fraction of sp³-hybridized carbons (Fsp3) is 0.368. The summed E-state index contributed by atoms with van der Waals surface area (Å²) in [5.41, 5.74) is 7.09. The average Bonchev–Trinajstić information content (AvgIpc) is 2.81.